The lowest BCUT2D eigenvalue weighted by Crippen LogP contribution is -2.45. The minimum Gasteiger partial charge on any atom is -0.314 e. The van der Waals surface area contributed by atoms with Gasteiger partial charge in [0.05, 0.1) is 4.90 Å². The van der Waals surface area contributed by atoms with Gasteiger partial charge >= 0.3 is 0 Å². The van der Waals surface area contributed by atoms with Gasteiger partial charge in [-0.1, -0.05) is 6.07 Å². The van der Waals surface area contributed by atoms with Crippen LogP contribution in [0.25, 0.3) is 0 Å². The van der Waals surface area contributed by atoms with E-state index in [9.17, 15) is 8.42 Å². The number of benzene rings is 1. The first-order valence-electron chi connectivity index (χ1n) is 7.96. The molecule has 1 aliphatic carbocycles. The maximum atomic E-state index is 12.8. The molecule has 1 saturated carbocycles. The summed E-state index contributed by atoms with van der Waals surface area (Å²) in [6.45, 7) is 4.22. The molecule has 4 nitrogen and oxygen atoms in total. The smallest absolute Gasteiger partial charge is 0.244 e. The Balaban J connectivity index is 0.00000192. The number of piperidine rings is 1. The van der Waals surface area contributed by atoms with Crippen molar-refractivity contribution in [3.8, 4) is 0 Å². The van der Waals surface area contributed by atoms with E-state index in [0.29, 0.717) is 28.5 Å². The van der Waals surface area contributed by atoms with Gasteiger partial charge in [0.15, 0.2) is 0 Å². The Hall–Kier alpha value is -0.140. The summed E-state index contributed by atoms with van der Waals surface area (Å²) < 4.78 is 27.9. The van der Waals surface area contributed by atoms with Crippen molar-refractivity contribution in [2.75, 3.05) is 19.6 Å². The van der Waals surface area contributed by atoms with Gasteiger partial charge in [0.25, 0.3) is 0 Å². The summed E-state index contributed by atoms with van der Waals surface area (Å²) in [6, 6.07) is 5.94. The largest absolute Gasteiger partial charge is 0.314 e. The molecule has 2 fully saturated rings. The monoisotopic (exact) mass is 422 g/mol. The SMILES string of the molecule is Cc1ccc(Br)c(S(=O)(=O)N2CCC(NCC3CC3)CC2)c1.Cl. The molecule has 2 aliphatic rings. The highest BCUT2D eigenvalue weighted by molar-refractivity contribution is 9.10. The lowest BCUT2D eigenvalue weighted by Gasteiger charge is -2.32. The van der Waals surface area contributed by atoms with Crippen LogP contribution in [0.4, 0.5) is 0 Å². The van der Waals surface area contributed by atoms with Gasteiger partial charge in [-0.2, -0.15) is 4.31 Å². The van der Waals surface area contributed by atoms with Crippen LogP contribution in [0, 0.1) is 12.8 Å². The summed E-state index contributed by atoms with van der Waals surface area (Å²) in [5.41, 5.74) is 0.961. The topological polar surface area (TPSA) is 49.4 Å². The maximum Gasteiger partial charge on any atom is 0.244 e. The van der Waals surface area contributed by atoms with Crippen LogP contribution in [0.15, 0.2) is 27.6 Å². The molecule has 1 aromatic carbocycles. The fourth-order valence-electron chi connectivity index (χ4n) is 2.90. The van der Waals surface area contributed by atoms with Gasteiger partial charge in [-0.3, -0.25) is 0 Å². The molecule has 130 valence electrons. The Morgan fingerprint density at radius 1 is 1.22 bits per heavy atom. The van der Waals surface area contributed by atoms with Crippen molar-refractivity contribution < 1.29 is 8.42 Å². The molecule has 0 amide bonds. The van der Waals surface area contributed by atoms with Crippen LogP contribution >= 0.6 is 28.3 Å². The minimum atomic E-state index is -3.40. The van der Waals surface area contributed by atoms with Crippen LogP contribution in [0.5, 0.6) is 0 Å². The number of sulfonamides is 1. The van der Waals surface area contributed by atoms with E-state index in [-0.39, 0.29) is 12.4 Å². The predicted octanol–water partition coefficient (Wildman–Crippen LogP) is 3.33. The average Bonchev–Trinajstić information content (AvgIpc) is 3.32. The van der Waals surface area contributed by atoms with Gasteiger partial charge in [0.1, 0.15) is 0 Å². The number of nitrogens with zero attached hydrogens (tertiary/aromatic N) is 1. The van der Waals surface area contributed by atoms with Crippen molar-refractivity contribution in [2.45, 2.75) is 43.5 Å². The highest BCUT2D eigenvalue weighted by Crippen LogP contribution is 2.30. The highest BCUT2D eigenvalue weighted by atomic mass is 79.9. The number of halogens is 2. The summed E-state index contributed by atoms with van der Waals surface area (Å²) in [7, 11) is -3.40. The first-order chi connectivity index (χ1) is 10.5. The average molecular weight is 424 g/mol. The number of nitrogens with one attached hydrogen (secondary N) is 1. The van der Waals surface area contributed by atoms with Crippen LogP contribution in [0.1, 0.15) is 31.2 Å². The zero-order chi connectivity index (χ0) is 15.7. The van der Waals surface area contributed by atoms with Gasteiger partial charge in [-0.05, 0) is 78.7 Å². The van der Waals surface area contributed by atoms with Crippen molar-refractivity contribution in [1.29, 1.82) is 0 Å². The third-order valence-corrected chi connectivity index (χ3v) is 7.44. The minimum absolute atomic E-state index is 0. The van der Waals surface area contributed by atoms with Crippen molar-refractivity contribution in [1.82, 2.24) is 9.62 Å². The standard InChI is InChI=1S/C16H23BrN2O2S.ClH/c1-12-2-5-15(17)16(10-12)22(20,21)19-8-6-14(7-9-19)18-11-13-3-4-13;/h2,5,10,13-14,18H,3-4,6-9,11H2,1H3;1H. The summed E-state index contributed by atoms with van der Waals surface area (Å²) >= 11 is 3.37. The molecule has 1 saturated heterocycles. The van der Waals surface area contributed by atoms with E-state index in [1.165, 1.54) is 12.8 Å². The zero-order valence-corrected chi connectivity index (χ0v) is 16.5. The van der Waals surface area contributed by atoms with E-state index >= 15 is 0 Å². The maximum absolute atomic E-state index is 12.8. The molecule has 0 unspecified atom stereocenters. The summed E-state index contributed by atoms with van der Waals surface area (Å²) in [6.07, 6.45) is 4.49. The van der Waals surface area contributed by atoms with Gasteiger partial charge < -0.3 is 5.32 Å². The molecule has 1 aliphatic heterocycles. The van der Waals surface area contributed by atoms with E-state index in [4.69, 9.17) is 0 Å². The summed E-state index contributed by atoms with van der Waals surface area (Å²) in [4.78, 5) is 0.386. The molecule has 0 radical (unpaired) electrons. The van der Waals surface area contributed by atoms with Crippen molar-refractivity contribution in [3.05, 3.63) is 28.2 Å². The number of rotatable bonds is 5. The van der Waals surface area contributed by atoms with Gasteiger partial charge in [0, 0.05) is 23.6 Å². The van der Waals surface area contributed by atoms with Crippen LogP contribution in [-0.2, 0) is 10.0 Å². The number of aryl methyl sites for hydroxylation is 1. The molecular formula is C16H24BrClN2O2S. The third-order valence-electron chi connectivity index (χ3n) is 4.55. The molecule has 0 aromatic heterocycles. The molecule has 23 heavy (non-hydrogen) atoms. The van der Waals surface area contributed by atoms with E-state index in [1.807, 2.05) is 19.1 Å². The van der Waals surface area contributed by atoms with Gasteiger partial charge in [0.2, 0.25) is 10.0 Å². The lowest BCUT2D eigenvalue weighted by molar-refractivity contribution is 0.288. The normalized spacial score (nSPS) is 20.3. The molecule has 1 heterocycles. The van der Waals surface area contributed by atoms with Crippen molar-refractivity contribution in [3.63, 3.8) is 0 Å². The number of hydrogen-bond donors (Lipinski definition) is 1. The first kappa shape index (κ1) is 19.2. The van der Waals surface area contributed by atoms with Crippen molar-refractivity contribution in [2.24, 2.45) is 5.92 Å². The first-order valence-corrected chi connectivity index (χ1v) is 10.2. The fourth-order valence-corrected chi connectivity index (χ4v) is 5.38. The van der Waals surface area contributed by atoms with E-state index < -0.39 is 10.0 Å². The Labute approximate surface area is 153 Å². The molecule has 0 spiro atoms. The molecule has 0 bridgehead atoms. The summed E-state index contributed by atoms with van der Waals surface area (Å²) in [5.74, 6) is 0.866. The van der Waals surface area contributed by atoms with Crippen LogP contribution in [-0.4, -0.2) is 38.4 Å². The van der Waals surface area contributed by atoms with Crippen LogP contribution < -0.4 is 5.32 Å². The lowest BCUT2D eigenvalue weighted by atomic mass is 10.1. The Kier molecular flexibility index (Phi) is 6.53. The van der Waals surface area contributed by atoms with E-state index in [2.05, 4.69) is 21.2 Å². The summed E-state index contributed by atoms with van der Waals surface area (Å²) in [5, 5.41) is 3.59. The van der Waals surface area contributed by atoms with E-state index in [1.54, 1.807) is 10.4 Å². The Morgan fingerprint density at radius 2 is 1.87 bits per heavy atom. The fraction of sp³-hybridized carbons (Fsp3) is 0.625. The third kappa shape index (κ3) is 4.69. The number of hydrogen-bond acceptors (Lipinski definition) is 3. The van der Waals surface area contributed by atoms with Gasteiger partial charge in [-0.15, -0.1) is 12.4 Å². The highest BCUT2D eigenvalue weighted by Gasteiger charge is 2.31. The van der Waals surface area contributed by atoms with E-state index in [0.717, 1.165) is 30.9 Å². The molecule has 0 atom stereocenters. The molecular weight excluding hydrogens is 400 g/mol. The van der Waals surface area contributed by atoms with Crippen LogP contribution in [0.3, 0.4) is 0 Å². The van der Waals surface area contributed by atoms with Crippen LogP contribution in [0.2, 0.25) is 0 Å². The zero-order valence-electron chi connectivity index (χ0n) is 13.3. The van der Waals surface area contributed by atoms with Crippen molar-refractivity contribution >= 4 is 38.4 Å². The second-order valence-electron chi connectivity index (χ2n) is 6.46. The quantitative estimate of drug-likeness (QED) is 0.790. The Bertz CT molecular complexity index is 641. The second kappa shape index (κ2) is 7.83. The molecule has 7 heteroatoms. The molecule has 3 rings (SSSR count). The molecule has 1 aromatic rings. The second-order valence-corrected chi connectivity index (χ2v) is 9.22. The predicted molar refractivity (Wildman–Crippen MR) is 98.6 cm³/mol. The Morgan fingerprint density at radius 3 is 2.48 bits per heavy atom. The molecule has 1 N–H and O–H groups in total. The van der Waals surface area contributed by atoms with Gasteiger partial charge in [-0.25, -0.2) is 8.42 Å².